The van der Waals surface area contributed by atoms with Crippen molar-refractivity contribution in [2.24, 2.45) is 0 Å². The minimum Gasteiger partial charge on any atom is -0.467 e. The van der Waals surface area contributed by atoms with E-state index in [2.05, 4.69) is 10.1 Å². The molecule has 2 rings (SSSR count). The fraction of sp³-hybridized carbons (Fsp3) is 0.286. The monoisotopic (exact) mass is 308 g/mol. The molecule has 0 radical (unpaired) electrons. The first-order chi connectivity index (χ1) is 10.0. The zero-order chi connectivity index (χ0) is 15.4. The largest absolute Gasteiger partial charge is 0.467 e. The molecule has 7 heteroatoms. The number of nitrogens with one attached hydrogen (secondary N) is 1. The summed E-state index contributed by atoms with van der Waals surface area (Å²) in [6.07, 6.45) is 1.57. The molecule has 0 saturated heterocycles. The molecule has 2 heterocycles. The molecule has 6 nitrogen and oxygen atoms in total. The first-order valence-electron chi connectivity index (χ1n) is 6.27. The number of carbonyl (C=O) groups excluding carboxylic acids is 2. The summed E-state index contributed by atoms with van der Waals surface area (Å²) in [5, 5.41) is 4.96. The summed E-state index contributed by atoms with van der Waals surface area (Å²) in [6.45, 7) is 1.87. The van der Waals surface area contributed by atoms with Crippen LogP contribution in [0, 0.1) is 0 Å². The number of anilines is 1. The molecule has 112 valence electrons. The molecule has 2 aromatic heterocycles. The van der Waals surface area contributed by atoms with Crippen molar-refractivity contribution in [3.05, 3.63) is 41.2 Å². The van der Waals surface area contributed by atoms with Gasteiger partial charge in [0.1, 0.15) is 5.76 Å². The van der Waals surface area contributed by atoms with Crippen molar-refractivity contribution in [2.45, 2.75) is 13.0 Å². The molecule has 0 saturated carbocycles. The number of amides is 2. The number of esters is 1. The minimum absolute atomic E-state index is 0.194. The number of nitrogens with zero attached hydrogens (tertiary/aromatic N) is 1. The van der Waals surface area contributed by atoms with Crippen LogP contribution in [-0.4, -0.2) is 31.1 Å². The van der Waals surface area contributed by atoms with Crippen molar-refractivity contribution in [1.29, 1.82) is 0 Å². The lowest BCUT2D eigenvalue weighted by Crippen LogP contribution is -2.33. The lowest BCUT2D eigenvalue weighted by atomic mass is 10.2. The standard InChI is InChI=1S/C14H16N2O4S/c1-9(11-5-4-6-20-11)16(2)14(18)15-12-7-10(8-21-12)13(17)19-3/h4-9H,1-3H3,(H,15,18)/t9-/m0/s1. The van der Waals surface area contributed by atoms with Crippen molar-refractivity contribution in [1.82, 2.24) is 4.90 Å². The van der Waals surface area contributed by atoms with Gasteiger partial charge in [-0.05, 0) is 25.1 Å². The van der Waals surface area contributed by atoms with Gasteiger partial charge in [-0.25, -0.2) is 9.59 Å². The van der Waals surface area contributed by atoms with Crippen LogP contribution in [-0.2, 0) is 4.74 Å². The van der Waals surface area contributed by atoms with Gasteiger partial charge in [0.15, 0.2) is 0 Å². The van der Waals surface area contributed by atoms with E-state index in [9.17, 15) is 9.59 Å². The fourth-order valence-corrected chi connectivity index (χ4v) is 2.48. The van der Waals surface area contributed by atoms with E-state index in [0.717, 1.165) is 0 Å². The van der Waals surface area contributed by atoms with E-state index in [4.69, 9.17) is 4.42 Å². The molecule has 1 N–H and O–H groups in total. The Labute approximate surface area is 126 Å². The van der Waals surface area contributed by atoms with Gasteiger partial charge in [-0.2, -0.15) is 0 Å². The lowest BCUT2D eigenvalue weighted by molar-refractivity contribution is 0.0601. The zero-order valence-electron chi connectivity index (χ0n) is 12.0. The van der Waals surface area contributed by atoms with Gasteiger partial charge in [0.2, 0.25) is 0 Å². The number of thiophene rings is 1. The second-order valence-electron chi connectivity index (χ2n) is 4.42. The number of methoxy groups -OCH3 is 1. The lowest BCUT2D eigenvalue weighted by Gasteiger charge is -2.23. The number of rotatable bonds is 4. The molecular formula is C14H16N2O4S. The molecule has 0 bridgehead atoms. The third kappa shape index (κ3) is 3.43. The third-order valence-corrected chi connectivity index (χ3v) is 3.95. The van der Waals surface area contributed by atoms with Crippen LogP contribution in [0.15, 0.2) is 34.3 Å². The predicted octanol–water partition coefficient (Wildman–Crippen LogP) is 3.35. The van der Waals surface area contributed by atoms with E-state index in [1.807, 2.05) is 13.0 Å². The van der Waals surface area contributed by atoms with Crippen molar-refractivity contribution in [3.8, 4) is 0 Å². The minimum atomic E-state index is -0.427. The number of carbonyl (C=O) groups is 2. The Balaban J connectivity index is 2.00. The second-order valence-corrected chi connectivity index (χ2v) is 5.33. The fourth-order valence-electron chi connectivity index (χ4n) is 1.72. The van der Waals surface area contributed by atoms with E-state index in [1.165, 1.54) is 23.3 Å². The maximum absolute atomic E-state index is 12.2. The van der Waals surface area contributed by atoms with Gasteiger partial charge >= 0.3 is 12.0 Å². The molecule has 0 aliphatic heterocycles. The molecule has 0 fully saturated rings. The van der Waals surface area contributed by atoms with Crippen LogP contribution in [0.3, 0.4) is 0 Å². The maximum Gasteiger partial charge on any atom is 0.338 e. The average Bonchev–Trinajstić information content (AvgIpc) is 3.16. The molecule has 2 amide bonds. The van der Waals surface area contributed by atoms with E-state index in [-0.39, 0.29) is 12.1 Å². The number of ether oxygens (including phenoxy) is 1. The van der Waals surface area contributed by atoms with Crippen LogP contribution >= 0.6 is 11.3 Å². The Morgan fingerprint density at radius 1 is 1.48 bits per heavy atom. The number of urea groups is 1. The topological polar surface area (TPSA) is 71.8 Å². The normalized spacial score (nSPS) is 11.8. The quantitative estimate of drug-likeness (QED) is 0.879. The van der Waals surface area contributed by atoms with Gasteiger partial charge in [0.05, 0.1) is 30.0 Å². The van der Waals surface area contributed by atoms with Crippen LogP contribution in [0.5, 0.6) is 0 Å². The molecule has 0 aliphatic rings. The molecule has 0 unspecified atom stereocenters. The van der Waals surface area contributed by atoms with E-state index >= 15 is 0 Å². The van der Waals surface area contributed by atoms with Gasteiger partial charge in [-0.15, -0.1) is 11.3 Å². The Morgan fingerprint density at radius 3 is 2.86 bits per heavy atom. The van der Waals surface area contributed by atoms with Gasteiger partial charge in [-0.3, -0.25) is 5.32 Å². The Hall–Kier alpha value is -2.28. The summed E-state index contributed by atoms with van der Waals surface area (Å²) in [6, 6.07) is 4.70. The summed E-state index contributed by atoms with van der Waals surface area (Å²) in [5.41, 5.74) is 0.416. The second kappa shape index (κ2) is 6.45. The van der Waals surface area contributed by atoms with Gasteiger partial charge in [0, 0.05) is 12.4 Å². The number of furan rings is 1. The summed E-state index contributed by atoms with van der Waals surface area (Å²) in [4.78, 5) is 25.0. The molecule has 21 heavy (non-hydrogen) atoms. The third-order valence-electron chi connectivity index (χ3n) is 3.11. The Bertz CT molecular complexity index is 621. The summed E-state index contributed by atoms with van der Waals surface area (Å²) in [5.74, 6) is 0.276. The molecule has 0 aliphatic carbocycles. The van der Waals surface area contributed by atoms with Gasteiger partial charge < -0.3 is 14.1 Å². The van der Waals surface area contributed by atoms with Gasteiger partial charge in [-0.1, -0.05) is 0 Å². The highest BCUT2D eigenvalue weighted by Gasteiger charge is 2.20. The van der Waals surface area contributed by atoms with E-state index in [0.29, 0.717) is 16.3 Å². The molecule has 0 aromatic carbocycles. The Kier molecular flexibility index (Phi) is 4.64. The smallest absolute Gasteiger partial charge is 0.338 e. The highest BCUT2D eigenvalue weighted by atomic mass is 32.1. The maximum atomic E-state index is 12.2. The molecule has 1 atom stereocenters. The summed E-state index contributed by atoms with van der Waals surface area (Å²) >= 11 is 1.27. The first-order valence-corrected chi connectivity index (χ1v) is 7.15. The van der Waals surface area contributed by atoms with E-state index < -0.39 is 5.97 Å². The SMILES string of the molecule is COC(=O)c1csc(NC(=O)N(C)[C@@H](C)c2ccco2)c1. The van der Waals surface area contributed by atoms with Crippen molar-refractivity contribution < 1.29 is 18.7 Å². The number of hydrogen-bond acceptors (Lipinski definition) is 5. The first kappa shape index (κ1) is 15.1. The average molecular weight is 308 g/mol. The highest BCUT2D eigenvalue weighted by Crippen LogP contribution is 2.23. The van der Waals surface area contributed by atoms with Crippen LogP contribution in [0.4, 0.5) is 9.80 Å². The summed E-state index contributed by atoms with van der Waals surface area (Å²) in [7, 11) is 2.99. The van der Waals surface area contributed by atoms with Crippen LogP contribution in [0.1, 0.15) is 29.1 Å². The van der Waals surface area contributed by atoms with Crippen molar-refractivity contribution >= 4 is 28.3 Å². The van der Waals surface area contributed by atoms with Crippen LogP contribution < -0.4 is 5.32 Å². The van der Waals surface area contributed by atoms with Crippen LogP contribution in [0.2, 0.25) is 0 Å². The molecular weight excluding hydrogens is 292 g/mol. The van der Waals surface area contributed by atoms with Crippen molar-refractivity contribution in [2.75, 3.05) is 19.5 Å². The zero-order valence-corrected chi connectivity index (χ0v) is 12.8. The van der Waals surface area contributed by atoms with Gasteiger partial charge in [0.25, 0.3) is 0 Å². The van der Waals surface area contributed by atoms with E-state index in [1.54, 1.807) is 30.8 Å². The van der Waals surface area contributed by atoms with Crippen LogP contribution in [0.25, 0.3) is 0 Å². The molecule has 2 aromatic rings. The van der Waals surface area contributed by atoms with Crippen molar-refractivity contribution in [3.63, 3.8) is 0 Å². The summed E-state index contributed by atoms with van der Waals surface area (Å²) < 4.78 is 9.91. The highest BCUT2D eigenvalue weighted by molar-refractivity contribution is 7.14. The predicted molar refractivity (Wildman–Crippen MR) is 79.6 cm³/mol. The molecule has 0 spiro atoms. The number of hydrogen-bond donors (Lipinski definition) is 1. The Morgan fingerprint density at radius 2 is 2.24 bits per heavy atom.